The SMILES string of the molecule is CN(C)S(=O)(=O)c1cccc(COC(=O)c2sccc2S(=O)(=O)NC2CC2)c1. The number of ether oxygens (including phenoxy) is 1. The molecule has 0 spiro atoms. The number of rotatable bonds is 8. The zero-order valence-corrected chi connectivity index (χ0v) is 17.7. The van der Waals surface area contributed by atoms with E-state index in [1.54, 1.807) is 12.1 Å². The number of nitrogens with zero attached hydrogens (tertiary/aromatic N) is 1. The van der Waals surface area contributed by atoms with Gasteiger partial charge in [-0.15, -0.1) is 11.3 Å². The molecule has 3 rings (SSSR count). The lowest BCUT2D eigenvalue weighted by Gasteiger charge is -2.12. The molecule has 11 heteroatoms. The molecule has 1 N–H and O–H groups in total. The molecule has 0 aliphatic heterocycles. The van der Waals surface area contributed by atoms with E-state index < -0.39 is 26.0 Å². The third-order valence-corrected chi connectivity index (χ3v) is 8.45. The minimum Gasteiger partial charge on any atom is -0.457 e. The van der Waals surface area contributed by atoms with E-state index in [1.165, 1.54) is 37.7 Å². The van der Waals surface area contributed by atoms with Gasteiger partial charge in [-0.3, -0.25) is 0 Å². The third-order valence-electron chi connectivity index (χ3n) is 4.05. The minimum atomic E-state index is -3.77. The summed E-state index contributed by atoms with van der Waals surface area (Å²) in [6.45, 7) is -0.178. The maximum Gasteiger partial charge on any atom is 0.350 e. The van der Waals surface area contributed by atoms with Crippen LogP contribution in [0.4, 0.5) is 0 Å². The Morgan fingerprint density at radius 2 is 1.93 bits per heavy atom. The fraction of sp³-hybridized carbons (Fsp3) is 0.353. The monoisotopic (exact) mass is 444 g/mol. The first kappa shape index (κ1) is 20.9. The molecule has 1 aliphatic carbocycles. The van der Waals surface area contributed by atoms with Crippen LogP contribution in [0.3, 0.4) is 0 Å². The van der Waals surface area contributed by atoms with Crippen LogP contribution in [-0.4, -0.2) is 47.2 Å². The van der Waals surface area contributed by atoms with Crippen molar-refractivity contribution in [3.8, 4) is 0 Å². The Morgan fingerprint density at radius 3 is 2.57 bits per heavy atom. The highest BCUT2D eigenvalue weighted by molar-refractivity contribution is 7.89. The van der Waals surface area contributed by atoms with Gasteiger partial charge in [0.05, 0.1) is 4.90 Å². The standard InChI is InChI=1S/C17H20N2O6S3/c1-19(2)28(23,24)14-5-3-4-12(10-14)11-25-17(20)16-15(8-9-26-16)27(21,22)18-13-6-7-13/h3-5,8-10,13,18H,6-7,11H2,1-2H3. The summed E-state index contributed by atoms with van der Waals surface area (Å²) in [4.78, 5) is 12.4. The first-order valence-corrected chi connectivity index (χ1v) is 12.2. The van der Waals surface area contributed by atoms with Crippen LogP contribution < -0.4 is 4.72 Å². The van der Waals surface area contributed by atoms with Gasteiger partial charge in [-0.1, -0.05) is 12.1 Å². The maximum atomic E-state index is 12.4. The van der Waals surface area contributed by atoms with E-state index in [2.05, 4.69) is 4.72 Å². The Balaban J connectivity index is 1.73. The second-order valence-electron chi connectivity index (χ2n) is 6.52. The fourth-order valence-corrected chi connectivity index (χ4v) is 5.95. The second-order valence-corrected chi connectivity index (χ2v) is 11.3. The normalized spacial score (nSPS) is 15.0. The number of esters is 1. The van der Waals surface area contributed by atoms with Crippen LogP contribution in [0.5, 0.6) is 0 Å². The van der Waals surface area contributed by atoms with Gasteiger partial charge in [0.15, 0.2) is 0 Å². The van der Waals surface area contributed by atoms with Gasteiger partial charge < -0.3 is 4.74 Å². The molecule has 0 amide bonds. The van der Waals surface area contributed by atoms with E-state index in [0.717, 1.165) is 28.5 Å². The zero-order valence-electron chi connectivity index (χ0n) is 15.3. The van der Waals surface area contributed by atoms with Crippen LogP contribution in [-0.2, 0) is 31.4 Å². The maximum absolute atomic E-state index is 12.4. The lowest BCUT2D eigenvalue weighted by atomic mass is 10.2. The molecule has 1 saturated carbocycles. The Labute approximate surface area is 168 Å². The van der Waals surface area contributed by atoms with E-state index in [4.69, 9.17) is 4.74 Å². The molecule has 1 aromatic carbocycles. The van der Waals surface area contributed by atoms with Crippen LogP contribution in [0.2, 0.25) is 0 Å². The summed E-state index contributed by atoms with van der Waals surface area (Å²) in [6.07, 6.45) is 1.57. The van der Waals surface area contributed by atoms with E-state index in [9.17, 15) is 21.6 Å². The largest absolute Gasteiger partial charge is 0.457 e. The molecule has 2 aromatic rings. The van der Waals surface area contributed by atoms with Crippen molar-refractivity contribution in [1.29, 1.82) is 0 Å². The lowest BCUT2D eigenvalue weighted by Crippen LogP contribution is -2.26. The average Bonchev–Trinajstić information content (AvgIpc) is 3.29. The minimum absolute atomic E-state index is 0.00906. The van der Waals surface area contributed by atoms with Crippen molar-refractivity contribution in [2.45, 2.75) is 35.3 Å². The summed E-state index contributed by atoms with van der Waals surface area (Å²) in [5.41, 5.74) is 0.480. The van der Waals surface area contributed by atoms with Crippen molar-refractivity contribution in [2.24, 2.45) is 0 Å². The lowest BCUT2D eigenvalue weighted by molar-refractivity contribution is 0.0474. The van der Waals surface area contributed by atoms with E-state index >= 15 is 0 Å². The van der Waals surface area contributed by atoms with Crippen LogP contribution >= 0.6 is 11.3 Å². The average molecular weight is 445 g/mol. The molecule has 1 aliphatic rings. The van der Waals surface area contributed by atoms with E-state index in [-0.39, 0.29) is 27.3 Å². The highest BCUT2D eigenvalue weighted by atomic mass is 32.2. The van der Waals surface area contributed by atoms with Crippen molar-refractivity contribution in [3.63, 3.8) is 0 Å². The van der Waals surface area contributed by atoms with Gasteiger partial charge in [-0.25, -0.2) is 30.7 Å². The Kier molecular flexibility index (Phi) is 5.92. The molecule has 1 fully saturated rings. The smallest absolute Gasteiger partial charge is 0.350 e. The van der Waals surface area contributed by atoms with Gasteiger partial charge in [-0.05, 0) is 42.0 Å². The molecular weight excluding hydrogens is 424 g/mol. The molecule has 0 bridgehead atoms. The number of carbonyl (C=O) groups excluding carboxylic acids is 1. The number of thiophene rings is 1. The fourth-order valence-electron chi connectivity index (χ4n) is 2.36. The topological polar surface area (TPSA) is 110 Å². The molecule has 1 heterocycles. The first-order chi connectivity index (χ1) is 13.1. The first-order valence-electron chi connectivity index (χ1n) is 8.39. The molecule has 152 valence electrons. The summed E-state index contributed by atoms with van der Waals surface area (Å²) >= 11 is 0.982. The quantitative estimate of drug-likeness (QED) is 0.622. The Bertz CT molecular complexity index is 1090. The number of benzene rings is 1. The van der Waals surface area contributed by atoms with Crippen molar-refractivity contribution in [2.75, 3.05) is 14.1 Å². The van der Waals surface area contributed by atoms with E-state index in [0.29, 0.717) is 5.56 Å². The number of sulfonamides is 2. The predicted molar refractivity (Wildman–Crippen MR) is 104 cm³/mol. The zero-order chi connectivity index (χ0) is 20.5. The highest BCUT2D eigenvalue weighted by Crippen LogP contribution is 2.27. The summed E-state index contributed by atoms with van der Waals surface area (Å²) in [5.74, 6) is -0.771. The summed E-state index contributed by atoms with van der Waals surface area (Å²) in [5, 5.41) is 1.52. The van der Waals surface area contributed by atoms with Gasteiger partial charge >= 0.3 is 5.97 Å². The summed E-state index contributed by atoms with van der Waals surface area (Å²) < 4.78 is 58.0. The predicted octanol–water partition coefficient (Wildman–Crippen LogP) is 1.80. The number of carbonyl (C=O) groups is 1. The van der Waals surface area contributed by atoms with Gasteiger partial charge in [0.25, 0.3) is 0 Å². The van der Waals surface area contributed by atoms with Gasteiger partial charge in [0, 0.05) is 20.1 Å². The molecule has 0 saturated heterocycles. The summed E-state index contributed by atoms with van der Waals surface area (Å²) in [7, 11) is -4.52. The Morgan fingerprint density at radius 1 is 1.21 bits per heavy atom. The van der Waals surface area contributed by atoms with Gasteiger partial charge in [0.1, 0.15) is 16.4 Å². The van der Waals surface area contributed by atoms with Crippen molar-refractivity contribution in [1.82, 2.24) is 9.03 Å². The molecule has 0 atom stereocenters. The van der Waals surface area contributed by atoms with Crippen LogP contribution in [0.1, 0.15) is 28.1 Å². The van der Waals surface area contributed by atoms with Gasteiger partial charge in [-0.2, -0.15) is 0 Å². The number of hydrogen-bond donors (Lipinski definition) is 1. The molecule has 28 heavy (non-hydrogen) atoms. The van der Waals surface area contributed by atoms with Crippen LogP contribution in [0.25, 0.3) is 0 Å². The molecule has 0 unspecified atom stereocenters. The molecule has 0 radical (unpaired) electrons. The van der Waals surface area contributed by atoms with Crippen molar-refractivity contribution in [3.05, 3.63) is 46.2 Å². The van der Waals surface area contributed by atoms with Gasteiger partial charge in [0.2, 0.25) is 20.0 Å². The summed E-state index contributed by atoms with van der Waals surface area (Å²) in [6, 6.07) is 7.35. The van der Waals surface area contributed by atoms with Crippen LogP contribution in [0, 0.1) is 0 Å². The van der Waals surface area contributed by atoms with E-state index in [1.807, 2.05) is 0 Å². The van der Waals surface area contributed by atoms with Crippen molar-refractivity contribution < 1.29 is 26.4 Å². The molecular formula is C17H20N2O6S3. The Hall–Kier alpha value is -1.79. The second kappa shape index (κ2) is 7.91. The van der Waals surface area contributed by atoms with Crippen LogP contribution in [0.15, 0.2) is 45.5 Å². The third kappa shape index (κ3) is 4.61. The molecule has 8 nitrogen and oxygen atoms in total. The number of nitrogens with one attached hydrogen (secondary N) is 1. The molecule has 1 aromatic heterocycles. The highest BCUT2D eigenvalue weighted by Gasteiger charge is 2.31. The number of hydrogen-bond acceptors (Lipinski definition) is 7. The van der Waals surface area contributed by atoms with Crippen molar-refractivity contribution >= 4 is 37.4 Å².